The second-order valence-electron chi connectivity index (χ2n) is 5.39. The van der Waals surface area contributed by atoms with Crippen LogP contribution in [0.4, 0.5) is 4.79 Å². The number of amides is 3. The summed E-state index contributed by atoms with van der Waals surface area (Å²) in [6.45, 7) is 4.18. The molecule has 0 aliphatic carbocycles. The zero-order chi connectivity index (χ0) is 15.5. The third-order valence-electron chi connectivity index (χ3n) is 3.30. The van der Waals surface area contributed by atoms with Gasteiger partial charge in [-0.15, -0.1) is 0 Å². The van der Waals surface area contributed by atoms with Crippen molar-refractivity contribution >= 4 is 11.9 Å². The maximum atomic E-state index is 12.0. The number of hydrogen-bond acceptors (Lipinski definition) is 4. The number of nitrogens with zero attached hydrogens (tertiary/aromatic N) is 1. The largest absolute Gasteiger partial charge is 0.497 e. The Morgan fingerprint density at radius 2 is 1.76 bits per heavy atom. The van der Waals surface area contributed by atoms with Crippen molar-refractivity contribution in [2.45, 2.75) is 25.8 Å². The number of benzene rings is 1. The maximum Gasteiger partial charge on any atom is 0.325 e. The Hall–Kier alpha value is -2.24. The van der Waals surface area contributed by atoms with E-state index in [9.17, 15) is 9.59 Å². The number of rotatable bonds is 6. The molecule has 0 radical (unpaired) electrons. The second-order valence-corrected chi connectivity index (χ2v) is 5.39. The number of methoxy groups -OCH3 is 1. The van der Waals surface area contributed by atoms with Gasteiger partial charge in [-0.25, -0.2) is 4.79 Å². The van der Waals surface area contributed by atoms with E-state index in [0.29, 0.717) is 19.6 Å². The highest BCUT2D eigenvalue weighted by Crippen LogP contribution is 2.18. The molecule has 0 spiro atoms. The van der Waals surface area contributed by atoms with E-state index in [0.717, 1.165) is 11.5 Å². The number of hydrogen-bond donors (Lipinski definition) is 1. The lowest BCUT2D eigenvalue weighted by atomic mass is 10.1. The van der Waals surface area contributed by atoms with Crippen LogP contribution in [0, 0.1) is 0 Å². The fourth-order valence-electron chi connectivity index (χ4n) is 2.11. The summed E-state index contributed by atoms with van der Waals surface area (Å²) in [6, 6.07) is 6.92. The van der Waals surface area contributed by atoms with Gasteiger partial charge in [-0.3, -0.25) is 9.69 Å². The molecule has 1 fully saturated rings. The molecule has 0 unspecified atom stereocenters. The van der Waals surface area contributed by atoms with Gasteiger partial charge in [-0.05, 0) is 44.5 Å². The van der Waals surface area contributed by atoms with Crippen LogP contribution in [0.2, 0.25) is 0 Å². The Morgan fingerprint density at radius 1 is 1.14 bits per heavy atom. The molecule has 21 heavy (non-hydrogen) atoms. The number of imide groups is 1. The highest BCUT2D eigenvalue weighted by Gasteiger charge is 2.43. The molecule has 1 aliphatic heterocycles. The summed E-state index contributed by atoms with van der Waals surface area (Å²) in [5.41, 5.74) is -0.812. The molecule has 1 N–H and O–H groups in total. The molecular formula is C15H20N2O4. The van der Waals surface area contributed by atoms with Gasteiger partial charge in [0.05, 0.1) is 13.7 Å². The van der Waals surface area contributed by atoms with Crippen LogP contribution in [0.3, 0.4) is 0 Å². The van der Waals surface area contributed by atoms with Gasteiger partial charge < -0.3 is 14.8 Å². The first kappa shape index (κ1) is 15.2. The summed E-state index contributed by atoms with van der Waals surface area (Å²) in [4.78, 5) is 24.9. The van der Waals surface area contributed by atoms with Gasteiger partial charge in [0.2, 0.25) is 0 Å². The standard InChI is InChI=1S/C15H20N2O4/c1-15(2)13(18)17(14(19)16-15)9-4-10-21-12-7-5-11(20-3)6-8-12/h5-8H,4,9-10H2,1-3H3,(H,16,19). The van der Waals surface area contributed by atoms with Crippen molar-refractivity contribution in [3.63, 3.8) is 0 Å². The van der Waals surface area contributed by atoms with Crippen LogP contribution in [-0.4, -0.2) is 42.6 Å². The van der Waals surface area contributed by atoms with Crippen molar-refractivity contribution in [2.24, 2.45) is 0 Å². The predicted molar refractivity (Wildman–Crippen MR) is 77.4 cm³/mol. The highest BCUT2D eigenvalue weighted by molar-refractivity contribution is 6.06. The van der Waals surface area contributed by atoms with Crippen LogP contribution < -0.4 is 14.8 Å². The summed E-state index contributed by atoms with van der Waals surface area (Å²) in [7, 11) is 1.61. The number of nitrogens with one attached hydrogen (secondary N) is 1. The Balaban J connectivity index is 1.77. The zero-order valence-electron chi connectivity index (χ0n) is 12.5. The van der Waals surface area contributed by atoms with Crippen molar-refractivity contribution in [3.8, 4) is 11.5 Å². The Bertz CT molecular complexity index is 525. The lowest BCUT2D eigenvalue weighted by molar-refractivity contribution is -0.130. The molecule has 0 atom stereocenters. The Kier molecular flexibility index (Phi) is 4.35. The van der Waals surface area contributed by atoms with E-state index in [2.05, 4.69) is 5.32 Å². The van der Waals surface area contributed by atoms with E-state index >= 15 is 0 Å². The minimum absolute atomic E-state index is 0.197. The summed E-state index contributed by atoms with van der Waals surface area (Å²) in [6.07, 6.45) is 0.585. The van der Waals surface area contributed by atoms with Crippen LogP contribution in [-0.2, 0) is 4.79 Å². The normalized spacial score (nSPS) is 16.8. The first-order valence-corrected chi connectivity index (χ1v) is 6.85. The molecule has 0 bridgehead atoms. The van der Waals surface area contributed by atoms with Gasteiger partial charge in [0.25, 0.3) is 5.91 Å². The smallest absolute Gasteiger partial charge is 0.325 e. The quantitative estimate of drug-likeness (QED) is 0.641. The van der Waals surface area contributed by atoms with E-state index in [1.165, 1.54) is 4.90 Å². The summed E-state index contributed by atoms with van der Waals surface area (Å²) in [5, 5.41) is 2.65. The van der Waals surface area contributed by atoms with Gasteiger partial charge in [0.15, 0.2) is 0 Å². The van der Waals surface area contributed by atoms with Gasteiger partial charge in [-0.1, -0.05) is 0 Å². The van der Waals surface area contributed by atoms with Crippen LogP contribution in [0.1, 0.15) is 20.3 Å². The average molecular weight is 292 g/mol. The van der Waals surface area contributed by atoms with Crippen molar-refractivity contribution in [3.05, 3.63) is 24.3 Å². The van der Waals surface area contributed by atoms with Gasteiger partial charge in [0, 0.05) is 6.54 Å². The van der Waals surface area contributed by atoms with E-state index in [4.69, 9.17) is 9.47 Å². The molecule has 1 aromatic rings. The highest BCUT2D eigenvalue weighted by atomic mass is 16.5. The Morgan fingerprint density at radius 3 is 2.29 bits per heavy atom. The minimum atomic E-state index is -0.812. The fraction of sp³-hybridized carbons (Fsp3) is 0.467. The van der Waals surface area contributed by atoms with E-state index in [-0.39, 0.29) is 11.9 Å². The molecule has 0 saturated carbocycles. The van der Waals surface area contributed by atoms with Crippen molar-refractivity contribution in [2.75, 3.05) is 20.3 Å². The lowest BCUT2D eigenvalue weighted by Gasteiger charge is -2.16. The van der Waals surface area contributed by atoms with Crippen LogP contribution >= 0.6 is 0 Å². The molecule has 114 valence electrons. The van der Waals surface area contributed by atoms with Crippen LogP contribution in [0.15, 0.2) is 24.3 Å². The van der Waals surface area contributed by atoms with Gasteiger partial charge >= 0.3 is 6.03 Å². The summed E-state index contributed by atoms with van der Waals surface area (Å²) >= 11 is 0. The number of carbonyl (C=O) groups is 2. The monoisotopic (exact) mass is 292 g/mol. The minimum Gasteiger partial charge on any atom is -0.497 e. The van der Waals surface area contributed by atoms with Crippen molar-refractivity contribution < 1.29 is 19.1 Å². The van der Waals surface area contributed by atoms with Crippen LogP contribution in [0.5, 0.6) is 11.5 Å². The fourth-order valence-corrected chi connectivity index (χ4v) is 2.11. The molecular weight excluding hydrogens is 272 g/mol. The molecule has 1 aromatic carbocycles. The third kappa shape index (κ3) is 3.45. The zero-order valence-corrected chi connectivity index (χ0v) is 12.5. The topological polar surface area (TPSA) is 67.9 Å². The molecule has 1 heterocycles. The number of ether oxygens (including phenoxy) is 2. The average Bonchev–Trinajstić information content (AvgIpc) is 2.65. The predicted octanol–water partition coefficient (Wildman–Crippen LogP) is 1.79. The molecule has 6 heteroatoms. The second kappa shape index (κ2) is 6.03. The van der Waals surface area contributed by atoms with Crippen molar-refractivity contribution in [1.29, 1.82) is 0 Å². The summed E-state index contributed by atoms with van der Waals surface area (Å²) < 4.78 is 10.6. The Labute approximate surface area is 124 Å². The van der Waals surface area contributed by atoms with E-state index in [1.807, 2.05) is 24.3 Å². The SMILES string of the molecule is COc1ccc(OCCCN2C(=O)NC(C)(C)C2=O)cc1. The number of urea groups is 1. The molecule has 1 saturated heterocycles. The van der Waals surface area contributed by atoms with Crippen LogP contribution in [0.25, 0.3) is 0 Å². The molecule has 0 aromatic heterocycles. The lowest BCUT2D eigenvalue weighted by Crippen LogP contribution is -2.40. The maximum absolute atomic E-state index is 12.0. The van der Waals surface area contributed by atoms with Gasteiger partial charge in [-0.2, -0.15) is 0 Å². The number of carbonyl (C=O) groups excluding carboxylic acids is 2. The molecule has 2 rings (SSSR count). The van der Waals surface area contributed by atoms with E-state index in [1.54, 1.807) is 21.0 Å². The molecule has 6 nitrogen and oxygen atoms in total. The van der Waals surface area contributed by atoms with E-state index < -0.39 is 5.54 Å². The summed E-state index contributed by atoms with van der Waals surface area (Å²) in [5.74, 6) is 1.30. The first-order valence-electron chi connectivity index (χ1n) is 6.85. The van der Waals surface area contributed by atoms with Gasteiger partial charge in [0.1, 0.15) is 17.0 Å². The van der Waals surface area contributed by atoms with Crippen molar-refractivity contribution in [1.82, 2.24) is 10.2 Å². The first-order chi connectivity index (χ1) is 9.94. The molecule has 3 amide bonds. The molecule has 1 aliphatic rings. The third-order valence-corrected chi connectivity index (χ3v) is 3.30.